The number of anilines is 1. The van der Waals surface area contributed by atoms with E-state index in [4.69, 9.17) is 5.73 Å². The molecule has 2 aromatic rings. The fourth-order valence-corrected chi connectivity index (χ4v) is 2.29. The second kappa shape index (κ2) is 5.03. The van der Waals surface area contributed by atoms with E-state index in [-0.39, 0.29) is 5.82 Å². The largest absolute Gasteiger partial charge is 0.399 e. The van der Waals surface area contributed by atoms with Crippen molar-refractivity contribution in [3.05, 3.63) is 59.9 Å². The second-order valence-electron chi connectivity index (χ2n) is 3.49. The normalized spacial score (nSPS) is 10.3. The van der Waals surface area contributed by atoms with E-state index in [1.807, 2.05) is 30.3 Å². The minimum absolute atomic E-state index is 0.274. The first-order chi connectivity index (χ1) is 7.74. The molecule has 0 fully saturated rings. The Hall–Kier alpha value is -1.48. The average molecular weight is 233 g/mol. The molecule has 0 spiro atoms. The maximum Gasteiger partial charge on any atom is 0.125 e. The molecule has 3 heteroatoms. The first-order valence-corrected chi connectivity index (χ1v) is 5.95. The second-order valence-corrected chi connectivity index (χ2v) is 4.54. The highest BCUT2D eigenvalue weighted by molar-refractivity contribution is 7.98. The van der Waals surface area contributed by atoms with Gasteiger partial charge in [0.05, 0.1) is 0 Å². The number of hydrogen-bond acceptors (Lipinski definition) is 2. The van der Waals surface area contributed by atoms with Crippen LogP contribution < -0.4 is 5.73 Å². The van der Waals surface area contributed by atoms with E-state index in [0.717, 1.165) is 11.3 Å². The highest BCUT2D eigenvalue weighted by Gasteiger charge is 1.99. The van der Waals surface area contributed by atoms with Crippen molar-refractivity contribution < 1.29 is 4.39 Å². The first kappa shape index (κ1) is 11.0. The van der Waals surface area contributed by atoms with Gasteiger partial charge in [-0.15, -0.1) is 11.8 Å². The molecule has 2 rings (SSSR count). The molecule has 0 saturated carbocycles. The Morgan fingerprint density at radius 1 is 1.06 bits per heavy atom. The summed E-state index contributed by atoms with van der Waals surface area (Å²) in [6, 6.07) is 14.7. The molecule has 0 atom stereocenters. The maximum atomic E-state index is 13.1. The summed E-state index contributed by atoms with van der Waals surface area (Å²) in [4.78, 5) is 1.17. The van der Waals surface area contributed by atoms with Crippen LogP contribution in [-0.4, -0.2) is 0 Å². The van der Waals surface area contributed by atoms with Crippen molar-refractivity contribution in [1.29, 1.82) is 0 Å². The zero-order valence-electron chi connectivity index (χ0n) is 8.69. The van der Waals surface area contributed by atoms with Crippen LogP contribution in [0.25, 0.3) is 0 Å². The lowest BCUT2D eigenvalue weighted by Crippen LogP contribution is -1.90. The Balaban J connectivity index is 2.05. The molecule has 1 nitrogen and oxygen atoms in total. The van der Waals surface area contributed by atoms with Crippen molar-refractivity contribution in [2.75, 3.05) is 5.73 Å². The summed E-state index contributed by atoms with van der Waals surface area (Å²) < 4.78 is 13.1. The van der Waals surface area contributed by atoms with Gasteiger partial charge in [0.25, 0.3) is 0 Å². The Kier molecular flexibility index (Phi) is 3.47. The molecule has 0 unspecified atom stereocenters. The van der Waals surface area contributed by atoms with Gasteiger partial charge >= 0.3 is 0 Å². The molecule has 2 aromatic carbocycles. The number of hydrogen-bond donors (Lipinski definition) is 1. The van der Waals surface area contributed by atoms with E-state index < -0.39 is 0 Å². The lowest BCUT2D eigenvalue weighted by Gasteiger charge is -2.03. The monoisotopic (exact) mass is 233 g/mol. The van der Waals surface area contributed by atoms with Crippen molar-refractivity contribution in [2.24, 2.45) is 0 Å². The van der Waals surface area contributed by atoms with Crippen LogP contribution in [-0.2, 0) is 5.75 Å². The SMILES string of the molecule is Nc1cc(F)cc(CSc2ccccc2)c1. The van der Waals surface area contributed by atoms with Crippen LogP contribution >= 0.6 is 11.8 Å². The summed E-state index contributed by atoms with van der Waals surface area (Å²) in [6.07, 6.45) is 0. The number of nitrogens with two attached hydrogens (primary N) is 1. The smallest absolute Gasteiger partial charge is 0.125 e. The molecule has 0 radical (unpaired) electrons. The minimum Gasteiger partial charge on any atom is -0.399 e. The molecular formula is C13H12FNS. The zero-order chi connectivity index (χ0) is 11.4. The molecule has 16 heavy (non-hydrogen) atoms. The van der Waals surface area contributed by atoms with Crippen LogP contribution in [0.2, 0.25) is 0 Å². The first-order valence-electron chi connectivity index (χ1n) is 4.97. The quantitative estimate of drug-likeness (QED) is 0.646. The van der Waals surface area contributed by atoms with E-state index in [9.17, 15) is 4.39 Å². The van der Waals surface area contributed by atoms with E-state index in [1.54, 1.807) is 17.8 Å². The molecule has 0 bridgehead atoms. The van der Waals surface area contributed by atoms with Crippen LogP contribution in [0.1, 0.15) is 5.56 Å². The number of benzene rings is 2. The fraction of sp³-hybridized carbons (Fsp3) is 0.0769. The predicted molar refractivity (Wildman–Crippen MR) is 66.8 cm³/mol. The summed E-state index contributed by atoms with van der Waals surface area (Å²) in [5, 5.41) is 0. The van der Waals surface area contributed by atoms with Gasteiger partial charge in [0.2, 0.25) is 0 Å². The van der Waals surface area contributed by atoms with Gasteiger partial charge in [-0.05, 0) is 35.9 Å². The van der Waals surface area contributed by atoms with Crippen LogP contribution in [0.5, 0.6) is 0 Å². The Morgan fingerprint density at radius 3 is 2.50 bits per heavy atom. The zero-order valence-corrected chi connectivity index (χ0v) is 9.51. The highest BCUT2D eigenvalue weighted by atomic mass is 32.2. The predicted octanol–water partition coefficient (Wildman–Crippen LogP) is 3.70. The Labute approximate surface area is 98.5 Å². The van der Waals surface area contributed by atoms with Gasteiger partial charge in [-0.2, -0.15) is 0 Å². The number of thioether (sulfide) groups is 1. The van der Waals surface area contributed by atoms with E-state index in [1.165, 1.54) is 17.0 Å². The molecule has 2 N–H and O–H groups in total. The molecular weight excluding hydrogens is 221 g/mol. The molecule has 0 aromatic heterocycles. The number of nitrogen functional groups attached to an aromatic ring is 1. The van der Waals surface area contributed by atoms with Gasteiger partial charge in [0.1, 0.15) is 5.82 Å². The van der Waals surface area contributed by atoms with Crippen molar-refractivity contribution in [1.82, 2.24) is 0 Å². The standard InChI is InChI=1S/C13H12FNS/c14-11-6-10(7-12(15)8-11)9-16-13-4-2-1-3-5-13/h1-8H,9,15H2. The number of halogens is 1. The molecule has 0 aliphatic rings. The third-order valence-corrected chi connectivity index (χ3v) is 3.21. The van der Waals surface area contributed by atoms with Crippen LogP contribution in [0.15, 0.2) is 53.4 Å². The third-order valence-electron chi connectivity index (χ3n) is 2.13. The van der Waals surface area contributed by atoms with Gasteiger partial charge in [-0.25, -0.2) is 4.39 Å². The summed E-state index contributed by atoms with van der Waals surface area (Å²) in [5.41, 5.74) is 6.96. The molecule has 0 aliphatic carbocycles. The minimum atomic E-state index is -0.274. The third kappa shape index (κ3) is 3.00. The van der Waals surface area contributed by atoms with Gasteiger partial charge in [-0.3, -0.25) is 0 Å². The molecule has 0 heterocycles. The van der Waals surface area contributed by atoms with Crippen molar-refractivity contribution in [3.8, 4) is 0 Å². The molecule has 0 aliphatic heterocycles. The lowest BCUT2D eigenvalue weighted by atomic mass is 10.2. The van der Waals surface area contributed by atoms with Crippen molar-refractivity contribution in [3.63, 3.8) is 0 Å². The number of rotatable bonds is 3. The molecule has 0 amide bonds. The van der Waals surface area contributed by atoms with E-state index in [2.05, 4.69) is 0 Å². The van der Waals surface area contributed by atoms with E-state index in [0.29, 0.717) is 5.69 Å². The van der Waals surface area contributed by atoms with Crippen LogP contribution in [0.4, 0.5) is 10.1 Å². The lowest BCUT2D eigenvalue weighted by molar-refractivity contribution is 0.627. The summed E-state index contributed by atoms with van der Waals surface area (Å²) in [6.45, 7) is 0. The summed E-state index contributed by atoms with van der Waals surface area (Å²) in [5.74, 6) is 0.454. The average Bonchev–Trinajstić information content (AvgIpc) is 2.27. The molecule has 0 saturated heterocycles. The van der Waals surface area contributed by atoms with Crippen LogP contribution in [0, 0.1) is 5.82 Å². The Morgan fingerprint density at radius 2 is 1.81 bits per heavy atom. The van der Waals surface area contributed by atoms with Gasteiger partial charge < -0.3 is 5.73 Å². The maximum absolute atomic E-state index is 13.1. The topological polar surface area (TPSA) is 26.0 Å². The Bertz CT molecular complexity index is 450. The van der Waals surface area contributed by atoms with E-state index >= 15 is 0 Å². The van der Waals surface area contributed by atoms with Crippen LogP contribution in [0.3, 0.4) is 0 Å². The highest BCUT2D eigenvalue weighted by Crippen LogP contribution is 2.23. The fourth-order valence-electron chi connectivity index (χ4n) is 1.44. The van der Waals surface area contributed by atoms with Gasteiger partial charge in [-0.1, -0.05) is 18.2 Å². The van der Waals surface area contributed by atoms with Gasteiger partial charge in [0, 0.05) is 16.3 Å². The van der Waals surface area contributed by atoms with Gasteiger partial charge in [0.15, 0.2) is 0 Å². The van der Waals surface area contributed by atoms with Crippen molar-refractivity contribution in [2.45, 2.75) is 10.6 Å². The van der Waals surface area contributed by atoms with Crippen molar-refractivity contribution >= 4 is 17.4 Å². The molecule has 82 valence electrons. The summed E-state index contributed by atoms with van der Waals surface area (Å²) >= 11 is 1.67. The summed E-state index contributed by atoms with van der Waals surface area (Å²) in [7, 11) is 0.